The highest BCUT2D eigenvalue weighted by molar-refractivity contribution is 5.99. The zero-order valence-electron chi connectivity index (χ0n) is 15.4. The molecule has 1 amide bonds. The van der Waals surface area contributed by atoms with Crippen molar-refractivity contribution in [3.8, 4) is 11.5 Å². The van der Waals surface area contributed by atoms with Crippen molar-refractivity contribution in [2.24, 2.45) is 0 Å². The van der Waals surface area contributed by atoms with E-state index in [1.165, 1.54) is 0 Å². The van der Waals surface area contributed by atoms with Crippen LogP contribution in [0.3, 0.4) is 0 Å². The van der Waals surface area contributed by atoms with Gasteiger partial charge in [0.15, 0.2) is 0 Å². The van der Waals surface area contributed by atoms with E-state index in [-0.39, 0.29) is 18.6 Å². The summed E-state index contributed by atoms with van der Waals surface area (Å²) in [5.41, 5.74) is 2.60. The standard InChI is InChI=1S/C21H24N2O3/c1-23(2)18(17-9-5-7-11-20(17)25-3)13-22-21(24)16-12-15-8-4-6-10-19(15)26-14-16/h4-12,18H,13-14H2,1-3H3,(H,22,24). The van der Waals surface area contributed by atoms with Crippen LogP contribution in [0, 0.1) is 0 Å². The summed E-state index contributed by atoms with van der Waals surface area (Å²) >= 11 is 0. The van der Waals surface area contributed by atoms with Crippen molar-refractivity contribution in [3.05, 3.63) is 65.2 Å². The van der Waals surface area contributed by atoms with Crippen LogP contribution in [0.1, 0.15) is 17.2 Å². The Balaban J connectivity index is 1.72. The van der Waals surface area contributed by atoms with Crippen molar-refractivity contribution in [2.45, 2.75) is 6.04 Å². The van der Waals surface area contributed by atoms with E-state index in [1.54, 1.807) is 7.11 Å². The van der Waals surface area contributed by atoms with Crippen LogP contribution in [0.4, 0.5) is 0 Å². The average Bonchev–Trinajstić information content (AvgIpc) is 2.67. The van der Waals surface area contributed by atoms with Crippen molar-refractivity contribution >= 4 is 12.0 Å². The lowest BCUT2D eigenvalue weighted by atomic mass is 10.0. The molecule has 0 aromatic heterocycles. The van der Waals surface area contributed by atoms with Gasteiger partial charge in [-0.25, -0.2) is 0 Å². The Labute approximate surface area is 154 Å². The molecule has 0 aliphatic carbocycles. The number of nitrogens with zero attached hydrogens (tertiary/aromatic N) is 1. The zero-order valence-corrected chi connectivity index (χ0v) is 15.4. The highest BCUT2D eigenvalue weighted by Gasteiger charge is 2.21. The molecule has 1 heterocycles. The van der Waals surface area contributed by atoms with Gasteiger partial charge in [-0.2, -0.15) is 0 Å². The number of amides is 1. The molecule has 1 atom stereocenters. The summed E-state index contributed by atoms with van der Waals surface area (Å²) in [4.78, 5) is 14.7. The minimum atomic E-state index is -0.110. The van der Waals surface area contributed by atoms with E-state index in [2.05, 4.69) is 10.2 Å². The minimum absolute atomic E-state index is 0.00694. The number of likely N-dealkylation sites (N-methyl/N-ethyl adjacent to an activating group) is 1. The van der Waals surface area contributed by atoms with Crippen LogP contribution in [-0.2, 0) is 4.79 Å². The number of hydrogen-bond acceptors (Lipinski definition) is 4. The molecule has 1 aliphatic rings. The third-order valence-electron chi connectivity index (χ3n) is 4.50. The van der Waals surface area contributed by atoms with E-state index in [0.29, 0.717) is 12.1 Å². The van der Waals surface area contributed by atoms with Crippen LogP contribution in [0.2, 0.25) is 0 Å². The SMILES string of the molecule is COc1ccccc1C(CNC(=O)C1=Cc2ccccc2OC1)N(C)C. The topological polar surface area (TPSA) is 50.8 Å². The number of carbonyl (C=O) groups is 1. The number of para-hydroxylation sites is 2. The summed E-state index contributed by atoms with van der Waals surface area (Å²) in [7, 11) is 5.64. The van der Waals surface area contributed by atoms with Gasteiger partial charge in [-0.15, -0.1) is 0 Å². The summed E-state index contributed by atoms with van der Waals surface area (Å²) in [5.74, 6) is 1.51. The fourth-order valence-electron chi connectivity index (χ4n) is 3.06. The van der Waals surface area contributed by atoms with Crippen molar-refractivity contribution < 1.29 is 14.3 Å². The van der Waals surface area contributed by atoms with E-state index in [4.69, 9.17) is 9.47 Å². The second-order valence-corrected chi connectivity index (χ2v) is 6.43. The van der Waals surface area contributed by atoms with Gasteiger partial charge in [0.05, 0.1) is 18.7 Å². The van der Waals surface area contributed by atoms with Gasteiger partial charge in [0.1, 0.15) is 18.1 Å². The first-order valence-corrected chi connectivity index (χ1v) is 8.60. The van der Waals surface area contributed by atoms with Crippen LogP contribution in [0.25, 0.3) is 6.08 Å². The van der Waals surface area contributed by atoms with Crippen LogP contribution in [0.5, 0.6) is 11.5 Å². The van der Waals surface area contributed by atoms with E-state index < -0.39 is 0 Å². The van der Waals surface area contributed by atoms with Gasteiger partial charge >= 0.3 is 0 Å². The Morgan fingerprint density at radius 3 is 2.69 bits per heavy atom. The van der Waals surface area contributed by atoms with Crippen molar-refractivity contribution in [2.75, 3.05) is 34.4 Å². The largest absolute Gasteiger partial charge is 0.496 e. The van der Waals surface area contributed by atoms with Crippen LogP contribution in [-0.4, -0.2) is 45.2 Å². The number of hydrogen-bond donors (Lipinski definition) is 1. The second kappa shape index (κ2) is 8.06. The monoisotopic (exact) mass is 352 g/mol. The highest BCUT2D eigenvalue weighted by atomic mass is 16.5. The van der Waals surface area contributed by atoms with Crippen LogP contribution < -0.4 is 14.8 Å². The molecular formula is C21H24N2O3. The molecule has 5 nitrogen and oxygen atoms in total. The first-order valence-electron chi connectivity index (χ1n) is 8.60. The molecule has 1 N–H and O–H groups in total. The van der Waals surface area contributed by atoms with Crippen LogP contribution in [0.15, 0.2) is 54.1 Å². The van der Waals surface area contributed by atoms with Gasteiger partial charge in [-0.1, -0.05) is 36.4 Å². The Hall–Kier alpha value is -2.79. The van der Waals surface area contributed by atoms with Crippen molar-refractivity contribution in [3.63, 3.8) is 0 Å². The fraction of sp³-hybridized carbons (Fsp3) is 0.286. The molecule has 0 bridgehead atoms. The average molecular weight is 352 g/mol. The summed E-state index contributed by atoms with van der Waals surface area (Å²) < 4.78 is 11.1. The molecule has 0 saturated heterocycles. The van der Waals surface area contributed by atoms with Crippen molar-refractivity contribution in [1.82, 2.24) is 10.2 Å². The Morgan fingerprint density at radius 2 is 1.92 bits per heavy atom. The summed E-state index contributed by atoms with van der Waals surface area (Å²) in [6.07, 6.45) is 1.89. The van der Waals surface area contributed by atoms with Gasteiger partial charge in [0.25, 0.3) is 5.91 Å². The van der Waals surface area contributed by atoms with Crippen molar-refractivity contribution in [1.29, 1.82) is 0 Å². The first kappa shape index (κ1) is 18.0. The molecule has 5 heteroatoms. The van der Waals surface area contributed by atoms with Gasteiger partial charge in [-0.3, -0.25) is 4.79 Å². The molecule has 2 aromatic rings. The highest BCUT2D eigenvalue weighted by Crippen LogP contribution is 2.28. The third-order valence-corrected chi connectivity index (χ3v) is 4.50. The second-order valence-electron chi connectivity index (χ2n) is 6.43. The maximum absolute atomic E-state index is 12.6. The quantitative estimate of drug-likeness (QED) is 0.869. The molecule has 3 rings (SSSR count). The molecule has 2 aromatic carbocycles. The Morgan fingerprint density at radius 1 is 1.19 bits per heavy atom. The third kappa shape index (κ3) is 3.89. The number of rotatable bonds is 6. The molecule has 0 radical (unpaired) electrons. The van der Waals surface area contributed by atoms with Gasteiger partial charge in [0.2, 0.25) is 0 Å². The van der Waals surface area contributed by atoms with E-state index >= 15 is 0 Å². The predicted octanol–water partition coefficient (Wildman–Crippen LogP) is 2.89. The van der Waals surface area contributed by atoms with Gasteiger partial charge < -0.3 is 19.7 Å². The lowest BCUT2D eigenvalue weighted by Gasteiger charge is -2.27. The van der Waals surface area contributed by atoms with E-state index in [9.17, 15) is 4.79 Å². The van der Waals surface area contributed by atoms with E-state index in [0.717, 1.165) is 22.6 Å². The lowest BCUT2D eigenvalue weighted by Crippen LogP contribution is -2.36. The number of carbonyl (C=O) groups excluding carboxylic acids is 1. The maximum Gasteiger partial charge on any atom is 0.250 e. The predicted molar refractivity (Wildman–Crippen MR) is 102 cm³/mol. The minimum Gasteiger partial charge on any atom is -0.496 e. The van der Waals surface area contributed by atoms with Crippen LogP contribution >= 0.6 is 0 Å². The Kier molecular flexibility index (Phi) is 5.58. The smallest absolute Gasteiger partial charge is 0.250 e. The van der Waals surface area contributed by atoms with E-state index in [1.807, 2.05) is 68.7 Å². The van der Waals surface area contributed by atoms with Gasteiger partial charge in [0, 0.05) is 17.7 Å². The molecule has 1 unspecified atom stereocenters. The molecule has 0 spiro atoms. The van der Waals surface area contributed by atoms with Gasteiger partial charge in [-0.05, 0) is 32.3 Å². The lowest BCUT2D eigenvalue weighted by molar-refractivity contribution is -0.118. The number of benzene rings is 2. The molecule has 26 heavy (non-hydrogen) atoms. The number of fused-ring (bicyclic) bond motifs is 1. The summed E-state index contributed by atoms with van der Waals surface area (Å²) in [6, 6.07) is 15.6. The Bertz CT molecular complexity index is 814. The molecule has 1 aliphatic heterocycles. The normalized spacial score (nSPS) is 14.1. The molecule has 0 saturated carbocycles. The number of ether oxygens (including phenoxy) is 2. The summed E-state index contributed by atoms with van der Waals surface area (Å²) in [5, 5.41) is 3.03. The number of methoxy groups -OCH3 is 1. The first-order chi connectivity index (χ1) is 12.6. The fourth-order valence-corrected chi connectivity index (χ4v) is 3.06. The zero-order chi connectivity index (χ0) is 18.5. The summed E-state index contributed by atoms with van der Waals surface area (Å²) in [6.45, 7) is 0.759. The molecular weight excluding hydrogens is 328 g/mol. The molecule has 0 fully saturated rings. The molecule has 136 valence electrons. The number of nitrogens with one attached hydrogen (secondary N) is 1. The maximum atomic E-state index is 12.6.